The van der Waals surface area contributed by atoms with Crippen LogP contribution in [-0.2, 0) is 0 Å². The summed E-state index contributed by atoms with van der Waals surface area (Å²) in [5.74, 6) is -3.71. The maximum Gasteiger partial charge on any atom is 0.407 e. The van der Waals surface area contributed by atoms with Crippen LogP contribution in [0.15, 0.2) is 42.5 Å². The van der Waals surface area contributed by atoms with Gasteiger partial charge in [0, 0.05) is 18.0 Å². The van der Waals surface area contributed by atoms with Crippen molar-refractivity contribution in [2.24, 2.45) is 0 Å². The Morgan fingerprint density at radius 2 is 1.81 bits per heavy atom. The Labute approximate surface area is 148 Å². The predicted molar refractivity (Wildman–Crippen MR) is 88.4 cm³/mol. The number of carboxylic acid groups (broad SMARTS) is 1. The third-order valence-electron chi connectivity index (χ3n) is 4.83. The summed E-state index contributed by atoms with van der Waals surface area (Å²) >= 11 is 0. The number of aliphatic hydroxyl groups excluding tert-OH is 1. The van der Waals surface area contributed by atoms with Gasteiger partial charge < -0.3 is 15.1 Å². The van der Waals surface area contributed by atoms with Gasteiger partial charge in [-0.1, -0.05) is 24.3 Å². The molecule has 2 N–H and O–H groups in total. The second-order valence-corrected chi connectivity index (χ2v) is 6.35. The van der Waals surface area contributed by atoms with Crippen molar-refractivity contribution in [3.05, 3.63) is 71.0 Å². The van der Waals surface area contributed by atoms with Gasteiger partial charge in [0.2, 0.25) is 0 Å². The summed E-state index contributed by atoms with van der Waals surface area (Å²) < 4.78 is 41.5. The van der Waals surface area contributed by atoms with Gasteiger partial charge in [-0.05, 0) is 36.6 Å². The summed E-state index contributed by atoms with van der Waals surface area (Å²) in [7, 11) is 0. The Bertz CT molecular complexity index is 797. The van der Waals surface area contributed by atoms with Crippen LogP contribution in [0.1, 0.15) is 29.9 Å². The van der Waals surface area contributed by atoms with Crippen molar-refractivity contribution >= 4 is 6.09 Å². The summed E-state index contributed by atoms with van der Waals surface area (Å²) in [6.07, 6.45) is -1.52. The summed E-state index contributed by atoms with van der Waals surface area (Å²) in [6, 6.07) is 7.96. The average molecular weight is 365 g/mol. The minimum Gasteiger partial charge on any atom is -0.465 e. The number of rotatable bonds is 4. The van der Waals surface area contributed by atoms with Gasteiger partial charge >= 0.3 is 6.09 Å². The number of carbonyl (C=O) groups is 1. The highest BCUT2D eigenvalue weighted by atomic mass is 19.2. The van der Waals surface area contributed by atoms with Gasteiger partial charge in [-0.25, -0.2) is 18.0 Å². The fraction of sp³-hybridized carbons (Fsp3) is 0.316. The van der Waals surface area contributed by atoms with E-state index in [4.69, 9.17) is 0 Å². The molecule has 1 aliphatic heterocycles. The minimum atomic E-state index is -1.31. The van der Waals surface area contributed by atoms with Gasteiger partial charge in [0.1, 0.15) is 5.82 Å². The van der Waals surface area contributed by atoms with Crippen LogP contribution in [0.5, 0.6) is 0 Å². The molecule has 0 radical (unpaired) electrons. The second kappa shape index (κ2) is 7.37. The number of amides is 1. The first-order chi connectivity index (χ1) is 12.4. The van der Waals surface area contributed by atoms with E-state index in [9.17, 15) is 28.2 Å². The van der Waals surface area contributed by atoms with Crippen LogP contribution >= 0.6 is 0 Å². The van der Waals surface area contributed by atoms with Crippen LogP contribution in [0.25, 0.3) is 0 Å². The van der Waals surface area contributed by atoms with Crippen molar-refractivity contribution in [3.63, 3.8) is 0 Å². The van der Waals surface area contributed by atoms with Crippen molar-refractivity contribution in [1.29, 1.82) is 0 Å². The third-order valence-corrected chi connectivity index (χ3v) is 4.83. The van der Waals surface area contributed by atoms with Gasteiger partial charge in [0.05, 0.1) is 12.1 Å². The van der Waals surface area contributed by atoms with Gasteiger partial charge in [0.25, 0.3) is 0 Å². The molecule has 0 spiro atoms. The molecule has 1 fully saturated rings. The van der Waals surface area contributed by atoms with Crippen LogP contribution in [0.4, 0.5) is 18.0 Å². The Morgan fingerprint density at radius 3 is 2.46 bits per heavy atom. The first-order valence-electron chi connectivity index (χ1n) is 8.27. The largest absolute Gasteiger partial charge is 0.465 e. The second-order valence-electron chi connectivity index (χ2n) is 6.35. The predicted octanol–water partition coefficient (Wildman–Crippen LogP) is 3.74. The molecule has 4 nitrogen and oxygen atoms in total. The molecule has 0 saturated carbocycles. The lowest BCUT2D eigenvalue weighted by Crippen LogP contribution is -2.45. The molecular weight excluding hydrogens is 347 g/mol. The standard InChI is InChI=1S/C19H18F3NO3/c20-12-8-6-11(7-9-12)16(13-3-1-4-14(21)17(13)22)18(24)15-5-2-10-23(15)19(25)26/h1,3-4,6-9,15-16,18,24H,2,5,10H2,(H,25,26)/t15-,16-,18+/m1/s1. The lowest BCUT2D eigenvalue weighted by Gasteiger charge is -2.32. The molecule has 7 heteroatoms. The molecule has 0 unspecified atom stereocenters. The van der Waals surface area contributed by atoms with E-state index in [1.807, 2.05) is 0 Å². The molecule has 1 aliphatic rings. The molecule has 3 atom stereocenters. The van der Waals surface area contributed by atoms with E-state index in [1.54, 1.807) is 0 Å². The van der Waals surface area contributed by atoms with Crippen molar-refractivity contribution in [2.75, 3.05) is 6.54 Å². The SMILES string of the molecule is O=C(O)N1CCC[C@@H]1[C@H](O)[C@H](c1ccc(F)cc1)c1cccc(F)c1F. The van der Waals surface area contributed by atoms with E-state index in [1.165, 1.54) is 24.3 Å². The smallest absolute Gasteiger partial charge is 0.407 e. The Morgan fingerprint density at radius 1 is 1.12 bits per heavy atom. The van der Waals surface area contributed by atoms with Gasteiger partial charge in [-0.15, -0.1) is 0 Å². The maximum absolute atomic E-state index is 14.4. The van der Waals surface area contributed by atoms with E-state index in [0.717, 1.165) is 23.1 Å². The molecule has 0 aromatic heterocycles. The lowest BCUT2D eigenvalue weighted by molar-refractivity contribution is 0.0575. The number of aliphatic hydroxyl groups is 1. The molecule has 2 aromatic carbocycles. The molecule has 0 aliphatic carbocycles. The first kappa shape index (κ1) is 18.3. The Kier molecular flexibility index (Phi) is 5.18. The first-order valence-corrected chi connectivity index (χ1v) is 8.27. The van der Waals surface area contributed by atoms with Crippen LogP contribution < -0.4 is 0 Å². The molecule has 1 amide bonds. The van der Waals surface area contributed by atoms with E-state index < -0.39 is 41.6 Å². The highest BCUT2D eigenvalue weighted by molar-refractivity contribution is 5.66. The molecule has 138 valence electrons. The topological polar surface area (TPSA) is 60.8 Å². The van der Waals surface area contributed by atoms with Crippen LogP contribution in [0, 0.1) is 17.5 Å². The number of hydrogen-bond acceptors (Lipinski definition) is 2. The molecule has 26 heavy (non-hydrogen) atoms. The monoisotopic (exact) mass is 365 g/mol. The summed E-state index contributed by atoms with van der Waals surface area (Å²) in [5, 5.41) is 20.3. The molecule has 1 saturated heterocycles. The van der Waals surface area contributed by atoms with Crippen LogP contribution in [0.3, 0.4) is 0 Å². The number of likely N-dealkylation sites (tertiary alicyclic amines) is 1. The highest BCUT2D eigenvalue weighted by Gasteiger charge is 2.40. The molecule has 2 aromatic rings. The zero-order valence-electron chi connectivity index (χ0n) is 13.8. The van der Waals surface area contributed by atoms with E-state index in [0.29, 0.717) is 18.4 Å². The Balaban J connectivity index is 2.07. The quantitative estimate of drug-likeness (QED) is 0.868. The third kappa shape index (κ3) is 3.39. The Hall–Kier alpha value is -2.54. The van der Waals surface area contributed by atoms with E-state index in [-0.39, 0.29) is 12.1 Å². The van der Waals surface area contributed by atoms with Gasteiger partial charge in [0.15, 0.2) is 11.6 Å². The van der Waals surface area contributed by atoms with Crippen molar-refractivity contribution in [3.8, 4) is 0 Å². The lowest BCUT2D eigenvalue weighted by atomic mass is 9.82. The number of nitrogens with zero attached hydrogens (tertiary/aromatic N) is 1. The maximum atomic E-state index is 14.4. The van der Waals surface area contributed by atoms with Crippen LogP contribution in [-0.4, -0.2) is 39.9 Å². The van der Waals surface area contributed by atoms with Crippen LogP contribution in [0.2, 0.25) is 0 Å². The van der Waals surface area contributed by atoms with Crippen molar-refractivity contribution in [2.45, 2.75) is 30.9 Å². The van der Waals surface area contributed by atoms with Crippen molar-refractivity contribution < 1.29 is 28.2 Å². The van der Waals surface area contributed by atoms with Gasteiger partial charge in [-0.3, -0.25) is 0 Å². The molecule has 1 heterocycles. The van der Waals surface area contributed by atoms with E-state index >= 15 is 0 Å². The summed E-state index contributed by atoms with van der Waals surface area (Å²) in [4.78, 5) is 12.5. The fourth-order valence-electron chi connectivity index (χ4n) is 3.60. The normalized spacial score (nSPS) is 19.4. The molecule has 3 rings (SSSR count). The van der Waals surface area contributed by atoms with Crippen molar-refractivity contribution in [1.82, 2.24) is 4.90 Å². The zero-order valence-corrected chi connectivity index (χ0v) is 13.8. The van der Waals surface area contributed by atoms with E-state index in [2.05, 4.69) is 0 Å². The number of halogens is 3. The number of hydrogen-bond donors (Lipinski definition) is 2. The summed E-state index contributed by atoms with van der Waals surface area (Å²) in [6.45, 7) is 0.263. The zero-order chi connectivity index (χ0) is 18.8. The minimum absolute atomic E-state index is 0.0960. The molecule has 0 bridgehead atoms. The highest BCUT2D eigenvalue weighted by Crippen LogP contribution is 2.36. The average Bonchev–Trinajstić information content (AvgIpc) is 3.10. The fourth-order valence-corrected chi connectivity index (χ4v) is 3.60. The summed E-state index contributed by atoms with van der Waals surface area (Å²) in [5.41, 5.74) is 0.280. The number of benzene rings is 2. The van der Waals surface area contributed by atoms with Gasteiger partial charge in [-0.2, -0.15) is 0 Å². The molecular formula is C19H18F3NO3.